The lowest BCUT2D eigenvalue weighted by atomic mass is 9.92. The van der Waals surface area contributed by atoms with E-state index in [9.17, 15) is 13.2 Å². The molecule has 7 heteroatoms. The van der Waals surface area contributed by atoms with E-state index in [1.807, 2.05) is 0 Å². The van der Waals surface area contributed by atoms with Crippen molar-refractivity contribution in [2.75, 3.05) is 5.32 Å². The summed E-state index contributed by atoms with van der Waals surface area (Å²) in [7, 11) is 0. The first-order valence-electron chi connectivity index (χ1n) is 4.76. The first-order valence-corrected chi connectivity index (χ1v) is 5.20. The van der Waals surface area contributed by atoms with Crippen LogP contribution in [0.15, 0.2) is 12.1 Å². The SMILES string of the molecule is FC(F)(F)c1ccc(NC2CC(Cl)C2)nn1. The molecule has 16 heavy (non-hydrogen) atoms. The molecule has 0 aromatic carbocycles. The van der Waals surface area contributed by atoms with Crippen molar-refractivity contribution in [2.45, 2.75) is 30.4 Å². The third kappa shape index (κ3) is 2.55. The fourth-order valence-corrected chi connectivity index (χ4v) is 1.87. The second kappa shape index (κ2) is 4.08. The predicted octanol–water partition coefficient (Wildman–Crippen LogP) is 2.68. The first-order chi connectivity index (χ1) is 7.45. The van der Waals surface area contributed by atoms with E-state index in [0.717, 1.165) is 18.9 Å². The topological polar surface area (TPSA) is 37.8 Å². The molecule has 0 radical (unpaired) electrons. The molecule has 0 bridgehead atoms. The summed E-state index contributed by atoms with van der Waals surface area (Å²) in [6, 6.07) is 2.37. The van der Waals surface area contributed by atoms with Crippen molar-refractivity contribution >= 4 is 17.4 Å². The number of alkyl halides is 4. The second-order valence-electron chi connectivity index (χ2n) is 3.71. The van der Waals surface area contributed by atoms with E-state index in [2.05, 4.69) is 15.5 Å². The van der Waals surface area contributed by atoms with Gasteiger partial charge in [0.2, 0.25) is 0 Å². The van der Waals surface area contributed by atoms with Gasteiger partial charge < -0.3 is 5.32 Å². The number of aromatic nitrogens is 2. The maximum absolute atomic E-state index is 12.2. The van der Waals surface area contributed by atoms with Crippen molar-refractivity contribution < 1.29 is 13.2 Å². The highest BCUT2D eigenvalue weighted by Crippen LogP contribution is 2.29. The highest BCUT2D eigenvalue weighted by Gasteiger charge is 2.33. The van der Waals surface area contributed by atoms with Crippen LogP contribution in [-0.2, 0) is 6.18 Å². The van der Waals surface area contributed by atoms with Gasteiger partial charge in [0.15, 0.2) is 5.69 Å². The Labute approximate surface area is 95.0 Å². The molecule has 0 atom stereocenters. The average Bonchev–Trinajstić information content (AvgIpc) is 2.15. The van der Waals surface area contributed by atoms with Crippen LogP contribution in [-0.4, -0.2) is 21.6 Å². The molecule has 0 aliphatic heterocycles. The number of rotatable bonds is 2. The lowest BCUT2D eigenvalue weighted by molar-refractivity contribution is -0.141. The minimum atomic E-state index is -4.44. The van der Waals surface area contributed by atoms with Gasteiger partial charge in [0, 0.05) is 11.4 Å². The summed E-state index contributed by atoms with van der Waals surface area (Å²) in [4.78, 5) is 0. The molecule has 1 fully saturated rings. The van der Waals surface area contributed by atoms with Crippen molar-refractivity contribution in [3.63, 3.8) is 0 Å². The van der Waals surface area contributed by atoms with Crippen molar-refractivity contribution in [1.82, 2.24) is 10.2 Å². The summed E-state index contributed by atoms with van der Waals surface area (Å²) in [5, 5.41) is 9.69. The van der Waals surface area contributed by atoms with Crippen LogP contribution in [0.2, 0.25) is 0 Å². The van der Waals surface area contributed by atoms with Crippen LogP contribution in [0.25, 0.3) is 0 Å². The number of halogens is 4. The molecule has 0 spiro atoms. The van der Waals surface area contributed by atoms with Crippen molar-refractivity contribution in [2.24, 2.45) is 0 Å². The Morgan fingerprint density at radius 1 is 1.25 bits per heavy atom. The minimum Gasteiger partial charge on any atom is -0.366 e. The van der Waals surface area contributed by atoms with Gasteiger partial charge in [0.05, 0.1) is 0 Å². The van der Waals surface area contributed by atoms with E-state index < -0.39 is 11.9 Å². The Morgan fingerprint density at radius 2 is 1.94 bits per heavy atom. The lowest BCUT2D eigenvalue weighted by Gasteiger charge is -2.31. The number of nitrogens with one attached hydrogen (secondary N) is 1. The van der Waals surface area contributed by atoms with E-state index in [0.29, 0.717) is 5.82 Å². The second-order valence-corrected chi connectivity index (χ2v) is 4.33. The highest BCUT2D eigenvalue weighted by molar-refractivity contribution is 6.21. The smallest absolute Gasteiger partial charge is 0.366 e. The van der Waals surface area contributed by atoms with E-state index in [1.165, 1.54) is 6.07 Å². The zero-order valence-electron chi connectivity index (χ0n) is 8.13. The van der Waals surface area contributed by atoms with Gasteiger partial charge in [-0.2, -0.15) is 13.2 Å². The maximum atomic E-state index is 12.2. The molecule has 1 N–H and O–H groups in total. The molecule has 0 unspecified atom stereocenters. The first kappa shape index (κ1) is 11.4. The summed E-state index contributed by atoms with van der Waals surface area (Å²) < 4.78 is 36.5. The molecule has 3 nitrogen and oxygen atoms in total. The number of anilines is 1. The molecule has 1 saturated carbocycles. The molecule has 1 aromatic rings. The van der Waals surface area contributed by atoms with Crippen LogP contribution in [0.1, 0.15) is 18.5 Å². The standard InChI is InChI=1S/C9H9ClF3N3/c10-5-3-6(4-5)14-8-2-1-7(15-16-8)9(11,12)13/h1-2,5-6H,3-4H2,(H,14,16). The fraction of sp³-hybridized carbons (Fsp3) is 0.556. The number of nitrogens with zero attached hydrogens (tertiary/aromatic N) is 2. The Kier molecular flexibility index (Phi) is 2.92. The molecule has 1 aliphatic carbocycles. The monoisotopic (exact) mass is 251 g/mol. The van der Waals surface area contributed by atoms with Gasteiger partial charge in [0.25, 0.3) is 0 Å². The van der Waals surface area contributed by atoms with Crippen molar-refractivity contribution in [3.05, 3.63) is 17.8 Å². The van der Waals surface area contributed by atoms with Gasteiger partial charge >= 0.3 is 6.18 Å². The summed E-state index contributed by atoms with van der Waals surface area (Å²) in [5.41, 5.74) is -0.984. The zero-order valence-corrected chi connectivity index (χ0v) is 8.89. The predicted molar refractivity (Wildman–Crippen MR) is 53.3 cm³/mol. The number of hydrogen-bond acceptors (Lipinski definition) is 3. The summed E-state index contributed by atoms with van der Waals surface area (Å²) in [6.45, 7) is 0. The van der Waals surface area contributed by atoms with Gasteiger partial charge in [-0.25, -0.2) is 0 Å². The Balaban J connectivity index is 1.97. The van der Waals surface area contributed by atoms with Gasteiger partial charge in [-0.05, 0) is 25.0 Å². The minimum absolute atomic E-state index is 0.153. The molecule has 0 amide bonds. The van der Waals surface area contributed by atoms with Crippen LogP contribution in [0, 0.1) is 0 Å². The number of hydrogen-bond donors (Lipinski definition) is 1. The van der Waals surface area contributed by atoms with Crippen LogP contribution in [0.3, 0.4) is 0 Å². The van der Waals surface area contributed by atoms with E-state index in [1.54, 1.807) is 0 Å². The van der Waals surface area contributed by atoms with Crippen LogP contribution < -0.4 is 5.32 Å². The summed E-state index contributed by atoms with van der Waals surface area (Å²) >= 11 is 5.77. The van der Waals surface area contributed by atoms with Gasteiger partial charge in [-0.3, -0.25) is 0 Å². The fourth-order valence-electron chi connectivity index (χ4n) is 1.44. The maximum Gasteiger partial charge on any atom is 0.435 e. The van der Waals surface area contributed by atoms with Crippen LogP contribution >= 0.6 is 11.6 Å². The molecule has 1 heterocycles. The zero-order chi connectivity index (χ0) is 11.8. The lowest BCUT2D eigenvalue weighted by Crippen LogP contribution is -2.36. The highest BCUT2D eigenvalue weighted by atomic mass is 35.5. The Morgan fingerprint density at radius 3 is 2.38 bits per heavy atom. The quantitative estimate of drug-likeness (QED) is 0.822. The van der Waals surface area contributed by atoms with Gasteiger partial charge in [0.1, 0.15) is 5.82 Å². The Bertz CT molecular complexity index is 359. The van der Waals surface area contributed by atoms with E-state index in [-0.39, 0.29) is 11.4 Å². The molecule has 1 aromatic heterocycles. The largest absolute Gasteiger partial charge is 0.435 e. The van der Waals surface area contributed by atoms with E-state index in [4.69, 9.17) is 11.6 Å². The molecule has 2 rings (SSSR count). The third-order valence-electron chi connectivity index (χ3n) is 2.39. The molecule has 88 valence electrons. The molecular formula is C9H9ClF3N3. The van der Waals surface area contributed by atoms with Gasteiger partial charge in [-0.1, -0.05) is 0 Å². The molecule has 1 aliphatic rings. The van der Waals surface area contributed by atoms with Crippen molar-refractivity contribution in [1.29, 1.82) is 0 Å². The molecular weight excluding hydrogens is 243 g/mol. The summed E-state index contributed by atoms with van der Waals surface area (Å²) in [5.74, 6) is 0.349. The van der Waals surface area contributed by atoms with Crippen LogP contribution in [0.5, 0.6) is 0 Å². The van der Waals surface area contributed by atoms with Crippen LogP contribution in [0.4, 0.5) is 19.0 Å². The third-order valence-corrected chi connectivity index (χ3v) is 2.74. The van der Waals surface area contributed by atoms with Gasteiger partial charge in [-0.15, -0.1) is 21.8 Å². The normalized spacial score (nSPS) is 25.0. The average molecular weight is 252 g/mol. The Hall–Kier alpha value is -1.04. The molecule has 0 saturated heterocycles. The van der Waals surface area contributed by atoms with E-state index >= 15 is 0 Å². The summed E-state index contributed by atoms with van der Waals surface area (Å²) in [6.07, 6.45) is -2.85. The van der Waals surface area contributed by atoms with Crippen molar-refractivity contribution in [3.8, 4) is 0 Å².